The van der Waals surface area contributed by atoms with Gasteiger partial charge in [-0.3, -0.25) is 4.99 Å². The second kappa shape index (κ2) is 11.4. The van der Waals surface area contributed by atoms with Crippen molar-refractivity contribution in [2.24, 2.45) is 4.99 Å². The Kier molecular flexibility index (Phi) is 9.93. The van der Waals surface area contributed by atoms with Crippen LogP contribution in [0.25, 0.3) is 0 Å². The number of thiophene rings is 1. The van der Waals surface area contributed by atoms with Crippen LogP contribution >= 0.6 is 35.3 Å². The van der Waals surface area contributed by atoms with E-state index in [-0.39, 0.29) is 35.1 Å². The number of aromatic hydroxyl groups is 1. The largest absolute Gasteiger partial charge is 0.504 e. The molecule has 0 aliphatic heterocycles. The molecule has 0 aliphatic carbocycles. The van der Waals surface area contributed by atoms with Crippen molar-refractivity contribution >= 4 is 41.3 Å². The van der Waals surface area contributed by atoms with Crippen molar-refractivity contribution in [2.45, 2.75) is 32.6 Å². The molecule has 7 heteroatoms. The third-order valence-electron chi connectivity index (χ3n) is 4.15. The van der Waals surface area contributed by atoms with Gasteiger partial charge in [0.25, 0.3) is 0 Å². The molecule has 1 aromatic carbocycles. The molecule has 0 radical (unpaired) electrons. The van der Waals surface area contributed by atoms with E-state index < -0.39 is 0 Å². The highest BCUT2D eigenvalue weighted by Crippen LogP contribution is 2.29. The van der Waals surface area contributed by atoms with Gasteiger partial charge >= 0.3 is 0 Å². The van der Waals surface area contributed by atoms with Crippen LogP contribution in [0, 0.1) is 0 Å². The van der Waals surface area contributed by atoms with Crippen molar-refractivity contribution in [2.75, 3.05) is 26.7 Å². The normalized spacial score (nSPS) is 11.6. The summed E-state index contributed by atoms with van der Waals surface area (Å²) in [5, 5.41) is 18.9. The smallest absolute Gasteiger partial charge is 0.191 e. The molecular weight excluding hydrogens is 473 g/mol. The van der Waals surface area contributed by atoms with Crippen LogP contribution in [0.15, 0.2) is 40.7 Å². The number of para-hydroxylation sites is 1. The first-order chi connectivity index (χ1) is 12.5. The molecule has 0 spiro atoms. The lowest BCUT2D eigenvalue weighted by Crippen LogP contribution is -2.39. The van der Waals surface area contributed by atoms with Gasteiger partial charge in [0.2, 0.25) is 0 Å². The summed E-state index contributed by atoms with van der Waals surface area (Å²) < 4.78 is 5.16. The number of hydrogen-bond acceptors (Lipinski definition) is 4. The van der Waals surface area contributed by atoms with E-state index in [1.54, 1.807) is 24.5 Å². The number of nitrogens with one attached hydrogen (secondary N) is 2. The van der Waals surface area contributed by atoms with Crippen molar-refractivity contribution < 1.29 is 9.84 Å². The van der Waals surface area contributed by atoms with Gasteiger partial charge in [-0.25, -0.2) is 0 Å². The van der Waals surface area contributed by atoms with E-state index in [0.29, 0.717) is 25.3 Å². The Labute approximate surface area is 183 Å². The van der Waals surface area contributed by atoms with Gasteiger partial charge in [-0.05, 0) is 36.4 Å². The molecule has 2 aromatic rings. The van der Waals surface area contributed by atoms with Gasteiger partial charge in [-0.1, -0.05) is 32.0 Å². The van der Waals surface area contributed by atoms with Crippen molar-refractivity contribution in [3.8, 4) is 11.5 Å². The van der Waals surface area contributed by atoms with E-state index in [1.807, 2.05) is 12.1 Å². The molecule has 0 aliphatic rings. The van der Waals surface area contributed by atoms with Gasteiger partial charge < -0.3 is 20.5 Å². The highest BCUT2D eigenvalue weighted by molar-refractivity contribution is 14.0. The summed E-state index contributed by atoms with van der Waals surface area (Å²) in [6.45, 7) is 8.64. The minimum atomic E-state index is 0. The summed E-state index contributed by atoms with van der Waals surface area (Å²) >= 11 is 1.77. The number of phenols is 1. The number of rotatable bonds is 8. The first-order valence-electron chi connectivity index (χ1n) is 8.89. The Bertz CT molecular complexity index is 718. The molecular formula is C20H30IN3O2S. The first-order valence-corrected chi connectivity index (χ1v) is 9.77. The number of guanidine groups is 1. The van der Waals surface area contributed by atoms with Crippen molar-refractivity contribution in [1.29, 1.82) is 0 Å². The van der Waals surface area contributed by atoms with Gasteiger partial charge in [0, 0.05) is 23.4 Å². The van der Waals surface area contributed by atoms with Crippen LogP contribution in [0.5, 0.6) is 11.5 Å². The fourth-order valence-electron chi connectivity index (χ4n) is 2.61. The highest BCUT2D eigenvalue weighted by atomic mass is 127. The zero-order valence-electron chi connectivity index (χ0n) is 16.4. The molecule has 0 unspecified atom stereocenters. The molecule has 3 N–H and O–H groups in total. The molecule has 1 aromatic heterocycles. The number of halogens is 1. The van der Waals surface area contributed by atoms with E-state index >= 15 is 0 Å². The maximum atomic E-state index is 10.2. The summed E-state index contributed by atoms with van der Waals surface area (Å²) in [6.07, 6.45) is 0.682. The van der Waals surface area contributed by atoms with Crippen LogP contribution in [-0.4, -0.2) is 37.8 Å². The third kappa shape index (κ3) is 6.88. The van der Waals surface area contributed by atoms with E-state index in [1.165, 1.54) is 4.88 Å². The predicted octanol–water partition coefficient (Wildman–Crippen LogP) is 4.16. The van der Waals surface area contributed by atoms with Crippen molar-refractivity contribution in [1.82, 2.24) is 10.6 Å². The molecule has 27 heavy (non-hydrogen) atoms. The molecule has 0 atom stereocenters. The number of hydrogen-bond donors (Lipinski definition) is 3. The van der Waals surface area contributed by atoms with E-state index in [9.17, 15) is 5.11 Å². The molecule has 0 saturated carbocycles. The number of ether oxygens (including phenoxy) is 1. The molecule has 1 heterocycles. The Hall–Kier alpha value is -1.48. The number of aliphatic imine (C=N–C) groups is 1. The van der Waals surface area contributed by atoms with Gasteiger partial charge in [0.15, 0.2) is 17.5 Å². The Morgan fingerprint density at radius 3 is 2.63 bits per heavy atom. The fourth-order valence-corrected chi connectivity index (χ4v) is 3.45. The van der Waals surface area contributed by atoms with Crippen LogP contribution in [0.2, 0.25) is 0 Å². The van der Waals surface area contributed by atoms with E-state index in [0.717, 1.165) is 18.1 Å². The topological polar surface area (TPSA) is 65.9 Å². The third-order valence-corrected chi connectivity index (χ3v) is 5.39. The second-order valence-electron chi connectivity index (χ2n) is 6.70. The van der Waals surface area contributed by atoms with Crippen LogP contribution < -0.4 is 15.4 Å². The molecule has 150 valence electrons. The van der Waals surface area contributed by atoms with Gasteiger partial charge in [-0.15, -0.1) is 35.3 Å². The maximum Gasteiger partial charge on any atom is 0.191 e. The zero-order chi connectivity index (χ0) is 19.0. The van der Waals surface area contributed by atoms with Crippen molar-refractivity contribution in [3.63, 3.8) is 0 Å². The SMILES string of the molecule is CCNC(=NCC(C)(C)c1cccs1)NCCc1cccc(OC)c1O.I. The lowest BCUT2D eigenvalue weighted by molar-refractivity contribution is 0.370. The Morgan fingerprint density at radius 2 is 2.00 bits per heavy atom. The average molecular weight is 503 g/mol. The number of phenolic OH excluding ortho intramolecular Hbond substituents is 1. The van der Waals surface area contributed by atoms with Crippen LogP contribution in [0.1, 0.15) is 31.2 Å². The number of methoxy groups -OCH3 is 1. The van der Waals surface area contributed by atoms with Crippen LogP contribution in [0.3, 0.4) is 0 Å². The standard InChI is InChI=1S/C20H29N3O2S.HI/c1-5-21-19(23-14-20(2,3)17-10-7-13-26-17)22-12-11-15-8-6-9-16(25-4)18(15)24;/h6-10,13,24H,5,11-12,14H2,1-4H3,(H2,21,22,23);1H. The highest BCUT2D eigenvalue weighted by Gasteiger charge is 2.21. The molecule has 5 nitrogen and oxygen atoms in total. The predicted molar refractivity (Wildman–Crippen MR) is 125 cm³/mol. The quantitative estimate of drug-likeness (QED) is 0.288. The Balaban J connectivity index is 0.00000364. The lowest BCUT2D eigenvalue weighted by atomic mass is 9.92. The maximum absolute atomic E-state index is 10.2. The first kappa shape index (κ1) is 23.6. The fraction of sp³-hybridized carbons (Fsp3) is 0.450. The van der Waals surface area contributed by atoms with Crippen molar-refractivity contribution in [3.05, 3.63) is 46.2 Å². The second-order valence-corrected chi connectivity index (χ2v) is 7.65. The molecule has 0 fully saturated rings. The summed E-state index contributed by atoms with van der Waals surface area (Å²) in [7, 11) is 1.56. The molecule has 0 saturated heterocycles. The Morgan fingerprint density at radius 1 is 1.22 bits per heavy atom. The van der Waals surface area contributed by atoms with Crippen LogP contribution in [0.4, 0.5) is 0 Å². The number of benzene rings is 1. The minimum absolute atomic E-state index is 0. The van der Waals surface area contributed by atoms with E-state index in [2.05, 4.69) is 48.9 Å². The minimum Gasteiger partial charge on any atom is -0.504 e. The summed E-state index contributed by atoms with van der Waals surface area (Å²) in [4.78, 5) is 6.07. The molecule has 2 rings (SSSR count). The summed E-state index contributed by atoms with van der Waals surface area (Å²) in [5.74, 6) is 1.50. The van der Waals surface area contributed by atoms with Gasteiger partial charge in [0.1, 0.15) is 0 Å². The number of nitrogens with zero attached hydrogens (tertiary/aromatic N) is 1. The molecule has 0 amide bonds. The lowest BCUT2D eigenvalue weighted by Gasteiger charge is -2.22. The molecule has 0 bridgehead atoms. The zero-order valence-corrected chi connectivity index (χ0v) is 19.6. The summed E-state index contributed by atoms with van der Waals surface area (Å²) in [6, 6.07) is 9.78. The monoisotopic (exact) mass is 503 g/mol. The van der Waals surface area contributed by atoms with E-state index in [4.69, 9.17) is 9.73 Å². The van der Waals surface area contributed by atoms with Gasteiger partial charge in [-0.2, -0.15) is 0 Å². The average Bonchev–Trinajstić information content (AvgIpc) is 3.17. The van der Waals surface area contributed by atoms with Gasteiger partial charge in [0.05, 0.1) is 13.7 Å². The van der Waals surface area contributed by atoms with Crippen LogP contribution in [-0.2, 0) is 11.8 Å². The summed E-state index contributed by atoms with van der Waals surface area (Å²) in [5.41, 5.74) is 0.855.